The van der Waals surface area contributed by atoms with Gasteiger partial charge >= 0.3 is 11.3 Å². The fraction of sp³-hybridized carbons (Fsp3) is 0. The first-order valence-corrected chi connectivity index (χ1v) is 11.7. The average molecular weight is 466 g/mol. The van der Waals surface area contributed by atoms with E-state index in [4.69, 9.17) is 8.83 Å². The first-order valence-electron chi connectivity index (χ1n) is 11.7. The van der Waals surface area contributed by atoms with Crippen molar-refractivity contribution in [3.05, 3.63) is 130 Å². The number of hydrogen-bond acceptors (Lipinski definition) is 4. The fourth-order valence-corrected chi connectivity index (χ4v) is 4.97. The predicted molar refractivity (Wildman–Crippen MR) is 144 cm³/mol. The van der Waals surface area contributed by atoms with Crippen molar-refractivity contribution in [3.8, 4) is 22.3 Å². The van der Waals surface area contributed by atoms with E-state index in [2.05, 4.69) is 0 Å². The Morgan fingerprint density at radius 3 is 1.28 bits per heavy atom. The maximum atomic E-state index is 12.8. The summed E-state index contributed by atoms with van der Waals surface area (Å²) < 4.78 is 11.3. The third-order valence-corrected chi connectivity index (χ3v) is 6.79. The summed E-state index contributed by atoms with van der Waals surface area (Å²) in [6, 6.07) is 34.7. The van der Waals surface area contributed by atoms with Gasteiger partial charge in [0.25, 0.3) is 0 Å². The lowest BCUT2D eigenvalue weighted by Crippen LogP contribution is -2.04. The van der Waals surface area contributed by atoms with Crippen LogP contribution >= 0.6 is 0 Å². The van der Waals surface area contributed by atoms with Gasteiger partial charge in [-0.05, 0) is 56.9 Å². The third kappa shape index (κ3) is 3.16. The lowest BCUT2D eigenvalue weighted by molar-refractivity contribution is 0.563. The number of fused-ring (bicyclic) bond motifs is 6. The molecule has 0 N–H and O–H groups in total. The Kier molecular flexibility index (Phi) is 4.42. The van der Waals surface area contributed by atoms with Crippen molar-refractivity contribution in [2.45, 2.75) is 0 Å². The van der Waals surface area contributed by atoms with Crippen LogP contribution in [0.2, 0.25) is 0 Å². The maximum Gasteiger partial charge on any atom is 0.344 e. The van der Waals surface area contributed by atoms with E-state index in [1.807, 2.05) is 109 Å². The molecule has 2 heterocycles. The van der Waals surface area contributed by atoms with Crippen LogP contribution in [0.25, 0.3) is 65.7 Å². The summed E-state index contributed by atoms with van der Waals surface area (Å²) >= 11 is 0. The zero-order valence-corrected chi connectivity index (χ0v) is 19.0. The second-order valence-corrected chi connectivity index (χ2v) is 8.87. The minimum absolute atomic E-state index is 0.401. The Morgan fingerprint density at radius 2 is 0.833 bits per heavy atom. The summed E-state index contributed by atoms with van der Waals surface area (Å²) in [6.45, 7) is 0. The molecule has 0 bridgehead atoms. The summed E-state index contributed by atoms with van der Waals surface area (Å²) in [7, 11) is 0. The van der Waals surface area contributed by atoms with E-state index in [-0.39, 0.29) is 0 Å². The smallest absolute Gasteiger partial charge is 0.344 e. The second-order valence-electron chi connectivity index (χ2n) is 8.87. The quantitative estimate of drug-likeness (QED) is 0.195. The molecule has 36 heavy (non-hydrogen) atoms. The molecule has 0 atom stereocenters. The lowest BCUT2D eigenvalue weighted by Gasteiger charge is -2.08. The van der Waals surface area contributed by atoms with E-state index in [1.165, 1.54) is 0 Å². The molecule has 5 aromatic carbocycles. The van der Waals surface area contributed by atoms with Crippen LogP contribution in [0.3, 0.4) is 0 Å². The zero-order chi connectivity index (χ0) is 24.2. The first-order chi connectivity index (χ1) is 17.7. The summed E-state index contributed by atoms with van der Waals surface area (Å²) in [4.78, 5) is 25.6. The minimum Gasteiger partial charge on any atom is -0.422 e. The van der Waals surface area contributed by atoms with Gasteiger partial charge in [0.2, 0.25) is 0 Å². The average Bonchev–Trinajstić information content (AvgIpc) is 2.92. The van der Waals surface area contributed by atoms with Crippen LogP contribution in [-0.2, 0) is 0 Å². The largest absolute Gasteiger partial charge is 0.422 e. The molecule has 7 rings (SSSR count). The predicted octanol–water partition coefficient (Wildman–Crippen LogP) is 7.54. The Bertz CT molecular complexity index is 1930. The molecule has 0 saturated heterocycles. The van der Waals surface area contributed by atoms with Crippen molar-refractivity contribution >= 4 is 43.5 Å². The monoisotopic (exact) mass is 466 g/mol. The van der Waals surface area contributed by atoms with Crippen LogP contribution < -0.4 is 11.3 Å². The highest BCUT2D eigenvalue weighted by Crippen LogP contribution is 2.31. The molecule has 2 aromatic heterocycles. The zero-order valence-electron chi connectivity index (χ0n) is 19.0. The van der Waals surface area contributed by atoms with Gasteiger partial charge in [-0.3, -0.25) is 0 Å². The van der Waals surface area contributed by atoms with Gasteiger partial charge in [-0.25, -0.2) is 9.59 Å². The normalized spacial score (nSPS) is 11.6. The second kappa shape index (κ2) is 7.79. The van der Waals surface area contributed by atoms with E-state index >= 15 is 0 Å². The molecule has 0 spiro atoms. The summed E-state index contributed by atoms with van der Waals surface area (Å²) in [5.41, 5.74) is 2.70. The van der Waals surface area contributed by atoms with Crippen LogP contribution in [0.1, 0.15) is 0 Å². The van der Waals surface area contributed by atoms with Gasteiger partial charge in [-0.15, -0.1) is 0 Å². The molecule has 0 amide bonds. The van der Waals surface area contributed by atoms with Crippen LogP contribution in [0.5, 0.6) is 0 Å². The Balaban J connectivity index is 1.37. The maximum absolute atomic E-state index is 12.8. The van der Waals surface area contributed by atoms with Gasteiger partial charge in [-0.2, -0.15) is 0 Å². The Morgan fingerprint density at radius 1 is 0.417 bits per heavy atom. The highest BCUT2D eigenvalue weighted by molar-refractivity contribution is 6.07. The molecule has 0 radical (unpaired) electrons. The lowest BCUT2D eigenvalue weighted by atomic mass is 9.98. The van der Waals surface area contributed by atoms with Crippen molar-refractivity contribution in [1.29, 1.82) is 0 Å². The Hall–Kier alpha value is -4.96. The van der Waals surface area contributed by atoms with Crippen molar-refractivity contribution in [1.82, 2.24) is 0 Å². The van der Waals surface area contributed by atoms with E-state index in [0.29, 0.717) is 22.3 Å². The van der Waals surface area contributed by atoms with Gasteiger partial charge in [0.15, 0.2) is 0 Å². The molecule has 170 valence electrons. The standard InChI is InChI=1S/C32H18O4/c33-31-25(17-27-23-7-3-1-5-19(23)13-15-29(27)35-31)21-9-11-22(12-10-21)26-18-28-24-8-4-2-6-20(24)14-16-30(28)36-32(26)34/h1-18H. The van der Waals surface area contributed by atoms with Gasteiger partial charge in [0, 0.05) is 10.8 Å². The topological polar surface area (TPSA) is 60.4 Å². The number of benzene rings is 5. The molecule has 0 aliphatic rings. The number of hydrogen-bond donors (Lipinski definition) is 0. The van der Waals surface area contributed by atoms with E-state index in [9.17, 15) is 9.59 Å². The van der Waals surface area contributed by atoms with Crippen molar-refractivity contribution in [2.24, 2.45) is 0 Å². The first kappa shape index (κ1) is 20.4. The molecule has 4 nitrogen and oxygen atoms in total. The van der Waals surface area contributed by atoms with Gasteiger partial charge in [0.05, 0.1) is 11.1 Å². The van der Waals surface area contributed by atoms with Crippen molar-refractivity contribution in [2.75, 3.05) is 0 Å². The fourth-order valence-electron chi connectivity index (χ4n) is 4.97. The highest BCUT2D eigenvalue weighted by Gasteiger charge is 2.13. The van der Waals surface area contributed by atoms with E-state index in [0.717, 1.165) is 43.4 Å². The summed E-state index contributed by atoms with van der Waals surface area (Å²) in [6.07, 6.45) is 0. The van der Waals surface area contributed by atoms with Gasteiger partial charge in [0.1, 0.15) is 11.2 Å². The van der Waals surface area contributed by atoms with Crippen LogP contribution in [0.15, 0.2) is 128 Å². The highest BCUT2D eigenvalue weighted by atomic mass is 16.4. The van der Waals surface area contributed by atoms with Crippen molar-refractivity contribution < 1.29 is 8.83 Å². The van der Waals surface area contributed by atoms with E-state index < -0.39 is 11.3 Å². The summed E-state index contributed by atoms with van der Waals surface area (Å²) in [5, 5.41) is 5.98. The Labute approximate surface area is 204 Å². The van der Waals surface area contributed by atoms with Crippen LogP contribution in [-0.4, -0.2) is 0 Å². The molecule has 0 aliphatic heterocycles. The molecule has 0 fully saturated rings. The molecule has 0 unspecified atom stereocenters. The molecule has 4 heteroatoms. The third-order valence-electron chi connectivity index (χ3n) is 6.79. The number of rotatable bonds is 2. The molecule has 7 aromatic rings. The van der Waals surface area contributed by atoms with Gasteiger partial charge in [-0.1, -0.05) is 84.9 Å². The molecule has 0 saturated carbocycles. The molecular weight excluding hydrogens is 448 g/mol. The van der Waals surface area contributed by atoms with Crippen LogP contribution in [0, 0.1) is 0 Å². The van der Waals surface area contributed by atoms with Gasteiger partial charge < -0.3 is 8.83 Å². The SMILES string of the molecule is O=c1oc2ccc3ccccc3c2cc1-c1ccc(-c2cc3c(ccc4ccccc43)oc2=O)cc1. The summed E-state index contributed by atoms with van der Waals surface area (Å²) in [5.74, 6) is 0. The van der Waals surface area contributed by atoms with E-state index in [1.54, 1.807) is 0 Å². The van der Waals surface area contributed by atoms with Crippen molar-refractivity contribution in [3.63, 3.8) is 0 Å². The molecular formula is C32H18O4. The molecule has 0 aliphatic carbocycles. The minimum atomic E-state index is -0.401. The van der Waals surface area contributed by atoms with Crippen LogP contribution in [0.4, 0.5) is 0 Å².